The summed E-state index contributed by atoms with van der Waals surface area (Å²) in [6, 6.07) is 12.1. The number of aromatic nitrogens is 2. The second kappa shape index (κ2) is 6.93. The maximum absolute atomic E-state index is 13.1. The van der Waals surface area contributed by atoms with Gasteiger partial charge >= 0.3 is 0 Å². The van der Waals surface area contributed by atoms with Gasteiger partial charge in [-0.15, -0.1) is 5.10 Å². The Morgan fingerprint density at radius 1 is 1.11 bits per heavy atom. The number of rotatable bonds is 2. The summed E-state index contributed by atoms with van der Waals surface area (Å²) in [5.74, 6) is 0.829. The number of para-hydroxylation sites is 1. The van der Waals surface area contributed by atoms with Crippen molar-refractivity contribution in [3.8, 4) is 0 Å². The number of fused-ring (bicyclic) bond motifs is 1. The number of anilines is 2. The van der Waals surface area contributed by atoms with E-state index in [1.165, 1.54) is 5.56 Å². The Kier molecular flexibility index (Phi) is 4.60. The van der Waals surface area contributed by atoms with E-state index < -0.39 is 6.10 Å². The van der Waals surface area contributed by atoms with Gasteiger partial charge in [0, 0.05) is 24.2 Å². The van der Waals surface area contributed by atoms with Crippen molar-refractivity contribution in [3.63, 3.8) is 0 Å². The highest BCUT2D eigenvalue weighted by molar-refractivity contribution is 5.98. The van der Waals surface area contributed by atoms with Gasteiger partial charge in [0.2, 0.25) is 0 Å². The van der Waals surface area contributed by atoms with Crippen molar-refractivity contribution in [1.29, 1.82) is 0 Å². The Balaban J connectivity index is 1.48. The third-order valence-corrected chi connectivity index (χ3v) is 5.24. The van der Waals surface area contributed by atoms with Crippen molar-refractivity contribution >= 4 is 17.4 Å². The summed E-state index contributed by atoms with van der Waals surface area (Å²) in [5, 5.41) is 8.77. The topological polar surface area (TPSA) is 58.6 Å². The highest BCUT2D eigenvalue weighted by atomic mass is 16.5. The van der Waals surface area contributed by atoms with E-state index in [1.807, 2.05) is 35.2 Å². The predicted molar refractivity (Wildman–Crippen MR) is 105 cm³/mol. The summed E-state index contributed by atoms with van der Waals surface area (Å²) >= 11 is 0. The quantitative estimate of drug-likeness (QED) is 0.818. The van der Waals surface area contributed by atoms with Crippen molar-refractivity contribution in [3.05, 3.63) is 47.7 Å². The maximum Gasteiger partial charge on any atom is 0.257 e. The molecule has 1 aromatic carbocycles. The fraction of sp³-hybridized carbons (Fsp3) is 0.476. The van der Waals surface area contributed by atoms with Gasteiger partial charge in [-0.05, 0) is 30.2 Å². The average molecular weight is 366 g/mol. The standard InChI is InChI=1S/C21H26N4O2/c1-21(2,3)18-8-9-19(23-22-18)24-12-13-27-17(14-24)20(26)25-11-10-15-6-4-5-7-16(15)25/h4-9,17H,10-14H2,1-3H3. The van der Waals surface area contributed by atoms with Gasteiger partial charge in [-0.25, -0.2) is 0 Å². The molecule has 2 aliphatic heterocycles. The van der Waals surface area contributed by atoms with Crippen LogP contribution in [0.2, 0.25) is 0 Å². The molecule has 0 saturated carbocycles. The summed E-state index contributed by atoms with van der Waals surface area (Å²) in [6.07, 6.45) is 0.423. The molecule has 0 N–H and O–H groups in total. The molecule has 2 aromatic rings. The van der Waals surface area contributed by atoms with E-state index in [4.69, 9.17) is 4.74 Å². The maximum atomic E-state index is 13.1. The molecule has 1 saturated heterocycles. The third kappa shape index (κ3) is 3.54. The Morgan fingerprint density at radius 2 is 1.93 bits per heavy atom. The van der Waals surface area contributed by atoms with Crippen molar-refractivity contribution in [2.45, 2.75) is 38.7 Å². The number of hydrogen-bond acceptors (Lipinski definition) is 5. The summed E-state index contributed by atoms with van der Waals surface area (Å²) < 4.78 is 5.82. The zero-order valence-corrected chi connectivity index (χ0v) is 16.2. The van der Waals surface area contributed by atoms with Gasteiger partial charge in [0.05, 0.1) is 18.8 Å². The van der Waals surface area contributed by atoms with Crippen LogP contribution >= 0.6 is 0 Å². The van der Waals surface area contributed by atoms with Crippen molar-refractivity contribution in [2.75, 3.05) is 36.0 Å². The Morgan fingerprint density at radius 3 is 2.67 bits per heavy atom. The molecule has 142 valence electrons. The minimum absolute atomic E-state index is 0.0296. The van der Waals surface area contributed by atoms with Crippen LogP contribution in [0.1, 0.15) is 32.0 Å². The summed E-state index contributed by atoms with van der Waals surface area (Å²) in [5.41, 5.74) is 3.17. The first-order valence-electron chi connectivity index (χ1n) is 9.53. The fourth-order valence-corrected chi connectivity index (χ4v) is 3.64. The minimum Gasteiger partial charge on any atom is -0.365 e. The monoisotopic (exact) mass is 366 g/mol. The summed E-state index contributed by atoms with van der Waals surface area (Å²) in [6.45, 7) is 8.80. The van der Waals surface area contributed by atoms with Crippen molar-refractivity contribution in [1.82, 2.24) is 10.2 Å². The Labute approximate surface area is 160 Å². The molecule has 2 aliphatic rings. The molecule has 1 atom stereocenters. The molecule has 3 heterocycles. The molecule has 0 spiro atoms. The molecule has 1 amide bonds. The molecule has 0 radical (unpaired) electrons. The molecule has 1 fully saturated rings. The van der Waals surface area contributed by atoms with E-state index in [2.05, 4.69) is 41.9 Å². The second-order valence-electron chi connectivity index (χ2n) is 8.20. The van der Waals surface area contributed by atoms with Gasteiger partial charge in [0.15, 0.2) is 11.9 Å². The third-order valence-electron chi connectivity index (χ3n) is 5.24. The lowest BCUT2D eigenvalue weighted by molar-refractivity contribution is -0.130. The summed E-state index contributed by atoms with van der Waals surface area (Å²) in [7, 11) is 0. The molecule has 27 heavy (non-hydrogen) atoms. The Hall–Kier alpha value is -2.47. The van der Waals surface area contributed by atoms with Crippen LogP contribution in [0.15, 0.2) is 36.4 Å². The number of nitrogens with zero attached hydrogens (tertiary/aromatic N) is 4. The average Bonchev–Trinajstić information content (AvgIpc) is 3.11. The number of hydrogen-bond donors (Lipinski definition) is 0. The van der Waals surface area contributed by atoms with Gasteiger partial charge in [-0.3, -0.25) is 4.79 Å². The molecule has 6 heteroatoms. The molecule has 1 aromatic heterocycles. The fourth-order valence-electron chi connectivity index (χ4n) is 3.64. The second-order valence-corrected chi connectivity index (χ2v) is 8.20. The van der Waals surface area contributed by atoms with E-state index in [9.17, 15) is 4.79 Å². The van der Waals surface area contributed by atoms with Crippen LogP contribution in [0, 0.1) is 0 Å². The molecular weight excluding hydrogens is 340 g/mol. The van der Waals surface area contributed by atoms with E-state index in [0.29, 0.717) is 19.7 Å². The lowest BCUT2D eigenvalue weighted by Crippen LogP contribution is -2.51. The predicted octanol–water partition coefficient (Wildman–Crippen LogP) is 2.57. The van der Waals surface area contributed by atoms with Crippen LogP contribution in [0.5, 0.6) is 0 Å². The zero-order chi connectivity index (χ0) is 19.0. The van der Waals surface area contributed by atoms with Gasteiger partial charge in [-0.2, -0.15) is 5.10 Å². The van der Waals surface area contributed by atoms with Gasteiger partial charge in [0.1, 0.15) is 0 Å². The van der Waals surface area contributed by atoms with Crippen LogP contribution in [0.25, 0.3) is 0 Å². The number of carbonyl (C=O) groups excluding carboxylic acids is 1. The number of carbonyl (C=O) groups is 1. The molecule has 0 aliphatic carbocycles. The van der Waals surface area contributed by atoms with E-state index in [1.54, 1.807) is 0 Å². The van der Waals surface area contributed by atoms with Crippen molar-refractivity contribution in [2.24, 2.45) is 0 Å². The van der Waals surface area contributed by atoms with E-state index in [0.717, 1.165) is 30.2 Å². The Bertz CT molecular complexity index is 829. The highest BCUT2D eigenvalue weighted by Gasteiger charge is 2.34. The molecule has 6 nitrogen and oxygen atoms in total. The molecule has 0 bridgehead atoms. The minimum atomic E-state index is -0.478. The first-order chi connectivity index (χ1) is 12.9. The van der Waals surface area contributed by atoms with E-state index in [-0.39, 0.29) is 11.3 Å². The molecule has 4 rings (SSSR count). The molecular formula is C21H26N4O2. The van der Waals surface area contributed by atoms with Crippen LogP contribution in [-0.2, 0) is 21.4 Å². The number of ether oxygens (including phenoxy) is 1. The van der Waals surface area contributed by atoms with Gasteiger partial charge in [-0.1, -0.05) is 39.0 Å². The zero-order valence-electron chi connectivity index (χ0n) is 16.2. The number of benzene rings is 1. The first kappa shape index (κ1) is 17.9. The number of morpholine rings is 1. The molecule has 1 unspecified atom stereocenters. The van der Waals surface area contributed by atoms with Crippen LogP contribution in [-0.4, -0.2) is 48.4 Å². The first-order valence-corrected chi connectivity index (χ1v) is 9.53. The van der Waals surface area contributed by atoms with Crippen LogP contribution in [0.3, 0.4) is 0 Å². The van der Waals surface area contributed by atoms with E-state index >= 15 is 0 Å². The summed E-state index contributed by atoms with van der Waals surface area (Å²) in [4.78, 5) is 17.0. The highest BCUT2D eigenvalue weighted by Crippen LogP contribution is 2.29. The SMILES string of the molecule is CC(C)(C)c1ccc(N2CCOC(C(=O)N3CCc4ccccc43)C2)nn1. The largest absolute Gasteiger partial charge is 0.365 e. The van der Waals surface area contributed by atoms with Crippen LogP contribution < -0.4 is 9.80 Å². The van der Waals surface area contributed by atoms with Gasteiger partial charge in [0.25, 0.3) is 5.91 Å². The van der Waals surface area contributed by atoms with Crippen LogP contribution in [0.4, 0.5) is 11.5 Å². The van der Waals surface area contributed by atoms with Gasteiger partial charge < -0.3 is 14.5 Å². The normalized spacial score (nSPS) is 19.9. The number of amides is 1. The lowest BCUT2D eigenvalue weighted by atomic mass is 9.92. The lowest BCUT2D eigenvalue weighted by Gasteiger charge is -2.34. The smallest absolute Gasteiger partial charge is 0.257 e. The van der Waals surface area contributed by atoms with Crippen molar-refractivity contribution < 1.29 is 9.53 Å².